The van der Waals surface area contributed by atoms with Gasteiger partial charge >= 0.3 is 12.0 Å². The normalized spacial score (nSPS) is 24.9. The van der Waals surface area contributed by atoms with Crippen LogP contribution in [0.4, 0.5) is 4.79 Å². The van der Waals surface area contributed by atoms with E-state index in [2.05, 4.69) is 5.32 Å². The Kier molecular flexibility index (Phi) is 6.08. The van der Waals surface area contributed by atoms with Crippen LogP contribution < -0.4 is 5.32 Å². The number of morpholine rings is 1. The third-order valence-electron chi connectivity index (χ3n) is 3.31. The Bertz CT molecular complexity index is 322. The smallest absolute Gasteiger partial charge is 0.326 e. The van der Waals surface area contributed by atoms with Gasteiger partial charge in [0.1, 0.15) is 6.04 Å². The Balaban J connectivity index is 2.57. The molecule has 0 aromatic rings. The van der Waals surface area contributed by atoms with Crippen LogP contribution in [0.2, 0.25) is 0 Å². The number of rotatable bonds is 5. The summed E-state index contributed by atoms with van der Waals surface area (Å²) in [5.41, 5.74) is 0. The summed E-state index contributed by atoms with van der Waals surface area (Å²) in [4.78, 5) is 24.9. The van der Waals surface area contributed by atoms with Crippen LogP contribution in [0.25, 0.3) is 0 Å². The highest BCUT2D eigenvalue weighted by atomic mass is 16.5. The number of carbonyl (C=O) groups excluding carboxylic acids is 1. The van der Waals surface area contributed by atoms with Gasteiger partial charge in [-0.3, -0.25) is 0 Å². The van der Waals surface area contributed by atoms with Gasteiger partial charge in [-0.1, -0.05) is 19.8 Å². The van der Waals surface area contributed by atoms with E-state index in [-0.39, 0.29) is 18.2 Å². The van der Waals surface area contributed by atoms with Crippen LogP contribution in [0, 0.1) is 0 Å². The quantitative estimate of drug-likeness (QED) is 0.794. The number of unbranched alkanes of at least 4 members (excludes halogenated alkanes) is 1. The summed E-state index contributed by atoms with van der Waals surface area (Å²) in [6.07, 6.45) is 2.14. The molecule has 1 aliphatic rings. The van der Waals surface area contributed by atoms with Gasteiger partial charge in [0, 0.05) is 6.54 Å². The standard InChI is InChI=1S/C13H24N2O4/c1-4-5-6-11(12(16)17)14-13(18)15-7-10(3)19-8-9(15)2/h9-11H,4-8H2,1-3H3,(H,14,18)(H,16,17). The first-order chi connectivity index (χ1) is 8.95. The number of amides is 2. The van der Waals surface area contributed by atoms with E-state index in [1.807, 2.05) is 20.8 Å². The zero-order chi connectivity index (χ0) is 14.4. The minimum atomic E-state index is -0.976. The van der Waals surface area contributed by atoms with E-state index in [4.69, 9.17) is 9.84 Å². The van der Waals surface area contributed by atoms with Gasteiger partial charge in [0.2, 0.25) is 0 Å². The first-order valence-electron chi connectivity index (χ1n) is 6.87. The van der Waals surface area contributed by atoms with Crippen molar-refractivity contribution in [2.75, 3.05) is 13.2 Å². The average Bonchev–Trinajstić information content (AvgIpc) is 2.36. The highest BCUT2D eigenvalue weighted by Crippen LogP contribution is 2.12. The first kappa shape index (κ1) is 15.8. The lowest BCUT2D eigenvalue weighted by atomic mass is 10.1. The molecule has 2 amide bonds. The van der Waals surface area contributed by atoms with Crippen molar-refractivity contribution in [1.82, 2.24) is 10.2 Å². The molecule has 6 nitrogen and oxygen atoms in total. The van der Waals surface area contributed by atoms with Gasteiger partial charge in [0.25, 0.3) is 0 Å². The summed E-state index contributed by atoms with van der Waals surface area (Å²) in [5.74, 6) is -0.976. The molecule has 1 saturated heterocycles. The molecule has 0 aromatic heterocycles. The van der Waals surface area contributed by atoms with Crippen LogP contribution in [-0.4, -0.2) is 53.3 Å². The van der Waals surface area contributed by atoms with Gasteiger partial charge in [-0.05, 0) is 20.3 Å². The van der Waals surface area contributed by atoms with E-state index in [9.17, 15) is 9.59 Å². The fourth-order valence-corrected chi connectivity index (χ4v) is 2.08. The fourth-order valence-electron chi connectivity index (χ4n) is 2.08. The number of hydrogen-bond acceptors (Lipinski definition) is 3. The molecule has 0 spiro atoms. The largest absolute Gasteiger partial charge is 0.480 e. The summed E-state index contributed by atoms with van der Waals surface area (Å²) >= 11 is 0. The van der Waals surface area contributed by atoms with Crippen LogP contribution in [0.15, 0.2) is 0 Å². The van der Waals surface area contributed by atoms with Crippen LogP contribution >= 0.6 is 0 Å². The van der Waals surface area contributed by atoms with Crippen molar-refractivity contribution in [2.24, 2.45) is 0 Å². The lowest BCUT2D eigenvalue weighted by Gasteiger charge is -2.37. The number of carbonyl (C=O) groups is 2. The molecule has 1 rings (SSSR count). The molecule has 0 radical (unpaired) electrons. The van der Waals surface area contributed by atoms with Gasteiger partial charge in [0.05, 0.1) is 18.8 Å². The highest BCUT2D eigenvalue weighted by Gasteiger charge is 2.30. The second-order valence-corrected chi connectivity index (χ2v) is 5.13. The molecule has 3 atom stereocenters. The van der Waals surface area contributed by atoms with Crippen LogP contribution in [-0.2, 0) is 9.53 Å². The maximum Gasteiger partial charge on any atom is 0.326 e. The van der Waals surface area contributed by atoms with E-state index < -0.39 is 12.0 Å². The zero-order valence-corrected chi connectivity index (χ0v) is 11.9. The van der Waals surface area contributed by atoms with E-state index in [0.717, 1.165) is 12.8 Å². The Morgan fingerprint density at radius 3 is 2.74 bits per heavy atom. The second-order valence-electron chi connectivity index (χ2n) is 5.13. The molecule has 6 heteroatoms. The lowest BCUT2D eigenvalue weighted by molar-refractivity contribution is -0.139. The minimum absolute atomic E-state index is 0.0131. The van der Waals surface area contributed by atoms with Gasteiger partial charge in [-0.25, -0.2) is 9.59 Å². The Morgan fingerprint density at radius 1 is 1.47 bits per heavy atom. The molecule has 3 unspecified atom stereocenters. The minimum Gasteiger partial charge on any atom is -0.480 e. The molecule has 1 aliphatic heterocycles. The average molecular weight is 272 g/mol. The van der Waals surface area contributed by atoms with E-state index in [1.54, 1.807) is 4.90 Å². The lowest BCUT2D eigenvalue weighted by Crippen LogP contribution is -2.56. The summed E-state index contributed by atoms with van der Waals surface area (Å²) < 4.78 is 5.45. The number of carboxylic acids is 1. The maximum absolute atomic E-state index is 12.1. The van der Waals surface area contributed by atoms with Crippen LogP contribution in [0.1, 0.15) is 40.0 Å². The van der Waals surface area contributed by atoms with Crippen LogP contribution in [0.3, 0.4) is 0 Å². The summed E-state index contributed by atoms with van der Waals surface area (Å²) in [6, 6.07) is -1.15. The molecule has 19 heavy (non-hydrogen) atoms. The third kappa shape index (κ3) is 4.70. The van der Waals surface area contributed by atoms with Crippen molar-refractivity contribution in [1.29, 1.82) is 0 Å². The van der Waals surface area contributed by atoms with Crippen molar-refractivity contribution >= 4 is 12.0 Å². The molecule has 0 aromatic carbocycles. The van der Waals surface area contributed by atoms with Crippen molar-refractivity contribution in [3.63, 3.8) is 0 Å². The van der Waals surface area contributed by atoms with Gasteiger partial charge in [-0.15, -0.1) is 0 Å². The van der Waals surface area contributed by atoms with Crippen molar-refractivity contribution in [3.8, 4) is 0 Å². The Morgan fingerprint density at radius 2 is 2.16 bits per heavy atom. The van der Waals surface area contributed by atoms with E-state index in [1.165, 1.54) is 0 Å². The number of nitrogens with one attached hydrogen (secondary N) is 1. The van der Waals surface area contributed by atoms with E-state index in [0.29, 0.717) is 19.6 Å². The number of carboxylic acid groups (broad SMARTS) is 1. The topological polar surface area (TPSA) is 78.9 Å². The van der Waals surface area contributed by atoms with Crippen molar-refractivity contribution in [3.05, 3.63) is 0 Å². The number of aliphatic carboxylic acids is 1. The monoisotopic (exact) mass is 272 g/mol. The predicted molar refractivity (Wildman–Crippen MR) is 71.1 cm³/mol. The third-order valence-corrected chi connectivity index (χ3v) is 3.31. The maximum atomic E-state index is 12.1. The summed E-state index contributed by atoms with van der Waals surface area (Å²) in [6.45, 7) is 6.77. The van der Waals surface area contributed by atoms with Gasteiger partial charge < -0.3 is 20.1 Å². The summed E-state index contributed by atoms with van der Waals surface area (Å²) in [7, 11) is 0. The summed E-state index contributed by atoms with van der Waals surface area (Å²) in [5, 5.41) is 11.7. The molecule has 110 valence electrons. The number of ether oxygens (including phenoxy) is 1. The molecule has 1 fully saturated rings. The molecular formula is C13H24N2O4. The fraction of sp³-hybridized carbons (Fsp3) is 0.846. The van der Waals surface area contributed by atoms with E-state index >= 15 is 0 Å². The molecule has 2 N–H and O–H groups in total. The molecular weight excluding hydrogens is 248 g/mol. The molecule has 1 heterocycles. The SMILES string of the molecule is CCCCC(NC(=O)N1CC(C)OCC1C)C(=O)O. The number of urea groups is 1. The van der Waals surface area contributed by atoms with Crippen molar-refractivity contribution < 1.29 is 19.4 Å². The van der Waals surface area contributed by atoms with Gasteiger partial charge in [0.15, 0.2) is 0 Å². The molecule has 0 saturated carbocycles. The Labute approximate surface area is 114 Å². The second kappa shape index (κ2) is 7.33. The Hall–Kier alpha value is -1.30. The number of hydrogen-bond donors (Lipinski definition) is 2. The molecule has 0 bridgehead atoms. The van der Waals surface area contributed by atoms with Gasteiger partial charge in [-0.2, -0.15) is 0 Å². The number of nitrogens with zero attached hydrogens (tertiary/aromatic N) is 1. The first-order valence-corrected chi connectivity index (χ1v) is 6.87. The van der Waals surface area contributed by atoms with Crippen LogP contribution in [0.5, 0.6) is 0 Å². The highest BCUT2D eigenvalue weighted by molar-refractivity contribution is 5.82. The predicted octanol–water partition coefficient (Wildman–Crippen LogP) is 1.45. The van der Waals surface area contributed by atoms with Crippen molar-refractivity contribution in [2.45, 2.75) is 58.2 Å². The zero-order valence-electron chi connectivity index (χ0n) is 11.9. The molecule has 0 aliphatic carbocycles.